The van der Waals surface area contributed by atoms with Crippen LogP contribution in [0.3, 0.4) is 0 Å². The van der Waals surface area contributed by atoms with E-state index in [-0.39, 0.29) is 5.75 Å². The monoisotopic (exact) mass is 815 g/mol. The maximum atomic E-state index is 13.1. The van der Waals surface area contributed by atoms with Crippen molar-refractivity contribution in [2.24, 2.45) is 0 Å². The van der Waals surface area contributed by atoms with Gasteiger partial charge in [0.25, 0.3) is 0 Å². The topological polar surface area (TPSA) is 110 Å². The lowest BCUT2D eigenvalue weighted by Gasteiger charge is -2.36. The number of alkyl halides is 6. The van der Waals surface area contributed by atoms with Gasteiger partial charge in [0, 0.05) is 3.57 Å². The Balaban J connectivity index is 3.00. The van der Waals surface area contributed by atoms with Crippen LogP contribution in [0, 0.1) is 10.7 Å². The maximum Gasteiger partial charge on any atom is 0.438 e. The highest BCUT2D eigenvalue weighted by Crippen LogP contribution is 2.47. The first-order valence-electron chi connectivity index (χ1n) is 7.43. The molecule has 0 saturated carbocycles. The van der Waals surface area contributed by atoms with Crippen molar-refractivity contribution >= 4 is 89.8 Å². The van der Waals surface area contributed by atoms with Crippen molar-refractivity contribution in [1.82, 2.24) is 0 Å². The minimum atomic E-state index is -6.48. The van der Waals surface area contributed by atoms with Crippen LogP contribution >= 0.6 is 67.8 Å². The van der Waals surface area contributed by atoms with Gasteiger partial charge in [0.1, 0.15) is 0 Å². The first-order valence-corrected chi connectivity index (χ1v) is 12.2. The molecular weight excluding hydrogens is 807 g/mol. The van der Waals surface area contributed by atoms with Crippen LogP contribution in [0.25, 0.3) is 0 Å². The van der Waals surface area contributed by atoms with E-state index in [4.69, 9.17) is 4.74 Å². The predicted molar refractivity (Wildman–Crippen MR) is 115 cm³/mol. The molecule has 0 aromatic heterocycles. The number of halogens is 9. The average Bonchev–Trinajstić information content (AvgIpc) is 2.52. The van der Waals surface area contributed by atoms with Gasteiger partial charge in [-0.15, -0.1) is 0 Å². The second-order valence-electron chi connectivity index (χ2n) is 5.67. The number of benzene rings is 1. The summed E-state index contributed by atoms with van der Waals surface area (Å²) in [4.78, 5) is 23.5. The number of rotatable bonds is 7. The van der Waals surface area contributed by atoms with Crippen LogP contribution < -0.4 is 4.74 Å². The molecule has 0 bridgehead atoms. The lowest BCUT2D eigenvalue weighted by Crippen LogP contribution is -2.63. The van der Waals surface area contributed by atoms with Crippen molar-refractivity contribution < 1.29 is 58.4 Å². The highest BCUT2D eigenvalue weighted by molar-refractivity contribution is 14.1. The minimum Gasteiger partial charge on any atom is -0.748 e. The highest BCUT2D eigenvalue weighted by atomic mass is 127. The molecule has 0 aliphatic heterocycles. The van der Waals surface area contributed by atoms with E-state index in [1.54, 1.807) is 12.1 Å². The van der Waals surface area contributed by atoms with Gasteiger partial charge in [-0.25, -0.2) is 8.42 Å². The molecule has 0 amide bonds. The molecule has 0 aliphatic rings. The van der Waals surface area contributed by atoms with Gasteiger partial charge in [0.15, 0.2) is 5.75 Å². The van der Waals surface area contributed by atoms with E-state index in [9.17, 15) is 48.9 Å². The molecular formula is C14H8F6I3O7S-. The smallest absolute Gasteiger partial charge is 0.438 e. The van der Waals surface area contributed by atoms with E-state index >= 15 is 0 Å². The molecule has 17 heteroatoms. The Morgan fingerprint density at radius 3 is 1.71 bits per heavy atom. The van der Waals surface area contributed by atoms with Gasteiger partial charge in [-0.2, -0.15) is 26.3 Å². The zero-order valence-electron chi connectivity index (χ0n) is 14.4. The van der Waals surface area contributed by atoms with Crippen LogP contribution in [0.2, 0.25) is 0 Å². The largest absolute Gasteiger partial charge is 0.748 e. The summed E-state index contributed by atoms with van der Waals surface area (Å²) < 4.78 is 121. The van der Waals surface area contributed by atoms with Crippen LogP contribution in [0.5, 0.6) is 5.75 Å². The van der Waals surface area contributed by atoms with Gasteiger partial charge < -0.3 is 14.0 Å². The zero-order chi connectivity index (χ0) is 24.4. The summed E-state index contributed by atoms with van der Waals surface area (Å²) in [5, 5.41) is 0. The predicted octanol–water partition coefficient (Wildman–Crippen LogP) is 4.14. The van der Waals surface area contributed by atoms with Crippen LogP contribution in [0.4, 0.5) is 26.3 Å². The van der Waals surface area contributed by atoms with E-state index < -0.39 is 58.6 Å². The normalized spacial score (nSPS) is 13.1. The van der Waals surface area contributed by atoms with E-state index in [2.05, 4.69) is 4.74 Å². The van der Waals surface area contributed by atoms with Gasteiger partial charge >= 0.3 is 29.9 Å². The molecule has 7 nitrogen and oxygen atoms in total. The van der Waals surface area contributed by atoms with E-state index in [1.165, 1.54) is 0 Å². The first-order chi connectivity index (χ1) is 13.8. The summed E-state index contributed by atoms with van der Waals surface area (Å²) in [5.41, 5.74) is -5.58. The number of carbonyl (C=O) groups is 2. The molecule has 0 saturated heterocycles. The van der Waals surface area contributed by atoms with Gasteiger partial charge in [-0.1, -0.05) is 0 Å². The molecule has 31 heavy (non-hydrogen) atoms. The Bertz CT molecular complexity index is 925. The number of hydrogen-bond donors (Lipinski definition) is 0. The van der Waals surface area contributed by atoms with Gasteiger partial charge in [-0.3, -0.25) is 9.59 Å². The molecule has 0 atom stereocenters. The molecule has 176 valence electrons. The van der Waals surface area contributed by atoms with Crippen molar-refractivity contribution in [1.29, 1.82) is 0 Å². The van der Waals surface area contributed by atoms with E-state index in [0.29, 0.717) is 7.14 Å². The van der Waals surface area contributed by atoms with Gasteiger partial charge in [-0.05, 0) is 79.9 Å². The van der Waals surface area contributed by atoms with Crippen LogP contribution in [0.1, 0.15) is 12.8 Å². The highest BCUT2D eigenvalue weighted by Gasteiger charge is 2.75. The number of esters is 2. The fraction of sp³-hybridized carbons (Fsp3) is 0.429. The second kappa shape index (κ2) is 10.4. The molecule has 0 heterocycles. The van der Waals surface area contributed by atoms with Crippen molar-refractivity contribution in [2.75, 3.05) is 5.75 Å². The Hall–Kier alpha value is -0.160. The third-order valence-corrected chi connectivity index (χ3v) is 6.28. The average molecular weight is 815 g/mol. The molecule has 0 aliphatic carbocycles. The zero-order valence-corrected chi connectivity index (χ0v) is 21.7. The second-order valence-corrected chi connectivity index (χ2v) is 10.6. The molecule has 1 rings (SSSR count). The maximum absolute atomic E-state index is 13.1. The molecule has 0 unspecified atom stereocenters. The fourth-order valence-corrected chi connectivity index (χ4v) is 6.65. The van der Waals surface area contributed by atoms with Crippen molar-refractivity contribution in [3.63, 3.8) is 0 Å². The minimum absolute atomic E-state index is 0.0670. The molecule has 0 spiro atoms. The van der Waals surface area contributed by atoms with E-state index in [0.717, 1.165) is 3.57 Å². The van der Waals surface area contributed by atoms with Crippen LogP contribution in [-0.2, 0) is 24.4 Å². The van der Waals surface area contributed by atoms with Crippen molar-refractivity contribution in [3.8, 4) is 5.75 Å². The number of ether oxygens (including phenoxy) is 2. The summed E-state index contributed by atoms with van der Waals surface area (Å²) in [6.45, 7) is 0. The van der Waals surface area contributed by atoms with Crippen molar-refractivity contribution in [2.45, 2.75) is 30.8 Å². The molecule has 0 fully saturated rings. The Labute approximate surface area is 211 Å². The summed E-state index contributed by atoms with van der Waals surface area (Å²) in [7, 11) is -6.14. The Kier molecular flexibility index (Phi) is 9.69. The van der Waals surface area contributed by atoms with Crippen LogP contribution in [0.15, 0.2) is 12.1 Å². The third kappa shape index (κ3) is 7.98. The third-order valence-electron chi connectivity index (χ3n) is 3.30. The quantitative estimate of drug-likeness (QED) is 0.134. The first kappa shape index (κ1) is 28.9. The molecule has 1 aromatic carbocycles. The van der Waals surface area contributed by atoms with Gasteiger partial charge in [0.2, 0.25) is 0 Å². The van der Waals surface area contributed by atoms with E-state index in [1.807, 2.05) is 67.8 Å². The summed E-state index contributed by atoms with van der Waals surface area (Å²) >= 11 is 5.62. The molecule has 0 N–H and O–H groups in total. The van der Waals surface area contributed by atoms with Gasteiger partial charge in [0.05, 0.1) is 35.9 Å². The summed E-state index contributed by atoms with van der Waals surface area (Å²) in [6, 6.07) is 3.23. The van der Waals surface area contributed by atoms with Crippen molar-refractivity contribution in [3.05, 3.63) is 22.8 Å². The van der Waals surface area contributed by atoms with Crippen LogP contribution in [-0.4, -0.2) is 48.6 Å². The lowest BCUT2D eigenvalue weighted by molar-refractivity contribution is -0.361. The molecule has 0 radical (unpaired) electrons. The SMILES string of the molecule is O=C(CCC(=O)OC(CS(=O)(=O)[O-])(C(F)(F)F)C(F)(F)F)Oc1c(I)cc(I)cc1I. The lowest BCUT2D eigenvalue weighted by atomic mass is 10.1. The Morgan fingerprint density at radius 1 is 0.903 bits per heavy atom. The fourth-order valence-electron chi connectivity index (χ4n) is 1.96. The summed E-state index contributed by atoms with van der Waals surface area (Å²) in [6.07, 6.45) is -15.2. The summed E-state index contributed by atoms with van der Waals surface area (Å²) in [5.74, 6) is -6.42. The Morgan fingerprint density at radius 2 is 1.32 bits per heavy atom. The molecule has 1 aromatic rings. The standard InChI is InChI=1S/C14H9F6I3O7S/c15-13(16,17)12(14(18,19)20,5-31(26,27)28)30-10(25)2-1-9(24)29-11-7(22)3-6(21)4-8(11)23/h3-4H,1-2,5H2,(H,26,27,28)/p-1. The number of hydrogen-bond acceptors (Lipinski definition) is 7. The number of carbonyl (C=O) groups excluding carboxylic acids is 2.